The van der Waals surface area contributed by atoms with E-state index in [4.69, 9.17) is 9.47 Å². The van der Waals surface area contributed by atoms with Crippen LogP contribution in [0.5, 0.6) is 11.5 Å². The van der Waals surface area contributed by atoms with Gasteiger partial charge in [0.25, 0.3) is 0 Å². The first kappa shape index (κ1) is 13.7. The number of ether oxygens (including phenoxy) is 2. The topological polar surface area (TPSA) is 47.6 Å². The molecule has 0 bridgehead atoms. The van der Waals surface area contributed by atoms with Crippen LogP contribution in [0.15, 0.2) is 18.2 Å². The molecular formula is C15H21NO3. The second kappa shape index (κ2) is 5.95. The normalized spacial score (nSPS) is 14.5. The van der Waals surface area contributed by atoms with Crippen molar-refractivity contribution in [1.82, 2.24) is 5.32 Å². The lowest BCUT2D eigenvalue weighted by Crippen LogP contribution is -2.26. The molecule has 2 rings (SSSR count). The van der Waals surface area contributed by atoms with Crippen molar-refractivity contribution in [3.05, 3.63) is 23.8 Å². The summed E-state index contributed by atoms with van der Waals surface area (Å²) in [5.41, 5.74) is 1.03. The van der Waals surface area contributed by atoms with Gasteiger partial charge in [0.05, 0.1) is 6.04 Å². The lowest BCUT2D eigenvalue weighted by Gasteiger charge is -2.15. The van der Waals surface area contributed by atoms with E-state index in [2.05, 4.69) is 19.2 Å². The molecule has 1 aromatic rings. The van der Waals surface area contributed by atoms with E-state index in [0.29, 0.717) is 12.3 Å². The average Bonchev–Trinajstić information content (AvgIpc) is 2.83. The molecule has 1 aliphatic rings. The maximum atomic E-state index is 11.8. The zero-order valence-electron chi connectivity index (χ0n) is 11.7. The first-order valence-electron chi connectivity index (χ1n) is 6.75. The van der Waals surface area contributed by atoms with Crippen LogP contribution in [-0.4, -0.2) is 12.7 Å². The van der Waals surface area contributed by atoms with Gasteiger partial charge in [0, 0.05) is 6.42 Å². The molecule has 0 saturated carbocycles. The highest BCUT2D eigenvalue weighted by molar-refractivity contribution is 5.76. The zero-order chi connectivity index (χ0) is 13.8. The van der Waals surface area contributed by atoms with E-state index < -0.39 is 0 Å². The van der Waals surface area contributed by atoms with Gasteiger partial charge >= 0.3 is 0 Å². The Bertz CT molecular complexity index is 457. The number of nitrogens with one attached hydrogen (secondary N) is 1. The van der Waals surface area contributed by atoms with Crippen molar-refractivity contribution < 1.29 is 14.3 Å². The third-order valence-electron chi connectivity index (χ3n) is 3.22. The smallest absolute Gasteiger partial charge is 0.231 e. The standard InChI is InChI=1S/C15H21NO3/c1-10(2)4-7-15(17)16-11(3)12-5-6-13-14(8-12)19-9-18-13/h5-6,8,10-11H,4,7,9H2,1-3H3,(H,16,17)/t11-/m1/s1. The molecule has 0 aliphatic carbocycles. The maximum absolute atomic E-state index is 11.8. The van der Waals surface area contributed by atoms with E-state index in [-0.39, 0.29) is 18.7 Å². The highest BCUT2D eigenvalue weighted by Crippen LogP contribution is 2.34. The Morgan fingerprint density at radius 3 is 2.74 bits per heavy atom. The lowest BCUT2D eigenvalue weighted by molar-refractivity contribution is -0.122. The Morgan fingerprint density at radius 1 is 1.26 bits per heavy atom. The molecule has 0 fully saturated rings. The Balaban J connectivity index is 1.92. The fourth-order valence-electron chi connectivity index (χ4n) is 2.00. The maximum Gasteiger partial charge on any atom is 0.231 e. The van der Waals surface area contributed by atoms with Gasteiger partial charge in [0.1, 0.15) is 0 Å². The van der Waals surface area contributed by atoms with Crippen LogP contribution in [0, 0.1) is 5.92 Å². The minimum Gasteiger partial charge on any atom is -0.454 e. The van der Waals surface area contributed by atoms with Crippen molar-refractivity contribution in [3.63, 3.8) is 0 Å². The summed E-state index contributed by atoms with van der Waals surface area (Å²) in [4.78, 5) is 11.8. The monoisotopic (exact) mass is 263 g/mol. The number of carbonyl (C=O) groups excluding carboxylic acids is 1. The van der Waals surface area contributed by atoms with Crippen LogP contribution in [0.2, 0.25) is 0 Å². The fourth-order valence-corrected chi connectivity index (χ4v) is 2.00. The number of rotatable bonds is 5. The Labute approximate surface area is 114 Å². The molecule has 1 amide bonds. The van der Waals surface area contributed by atoms with Gasteiger partial charge in [-0.25, -0.2) is 0 Å². The molecular weight excluding hydrogens is 242 g/mol. The van der Waals surface area contributed by atoms with Gasteiger partial charge < -0.3 is 14.8 Å². The van der Waals surface area contributed by atoms with Crippen molar-refractivity contribution in [2.24, 2.45) is 5.92 Å². The van der Waals surface area contributed by atoms with Gasteiger partial charge in [-0.2, -0.15) is 0 Å². The molecule has 4 nitrogen and oxygen atoms in total. The second-order valence-electron chi connectivity index (χ2n) is 5.33. The van der Waals surface area contributed by atoms with Gasteiger partial charge in [-0.1, -0.05) is 19.9 Å². The predicted octanol–water partition coefficient (Wildman–Crippen LogP) is 3.03. The molecule has 0 radical (unpaired) electrons. The number of hydrogen-bond acceptors (Lipinski definition) is 3. The molecule has 1 atom stereocenters. The number of hydrogen-bond donors (Lipinski definition) is 1. The number of fused-ring (bicyclic) bond motifs is 1. The lowest BCUT2D eigenvalue weighted by atomic mass is 10.1. The molecule has 1 N–H and O–H groups in total. The zero-order valence-corrected chi connectivity index (χ0v) is 11.7. The predicted molar refractivity (Wildman–Crippen MR) is 73.2 cm³/mol. The minimum absolute atomic E-state index is 0.0193. The third-order valence-corrected chi connectivity index (χ3v) is 3.22. The van der Waals surface area contributed by atoms with Gasteiger partial charge in [0.15, 0.2) is 11.5 Å². The van der Waals surface area contributed by atoms with Gasteiger partial charge in [-0.15, -0.1) is 0 Å². The number of amides is 1. The van der Waals surface area contributed by atoms with E-state index >= 15 is 0 Å². The van der Waals surface area contributed by atoms with E-state index in [0.717, 1.165) is 23.5 Å². The van der Waals surface area contributed by atoms with Crippen molar-refractivity contribution in [2.45, 2.75) is 39.7 Å². The highest BCUT2D eigenvalue weighted by Gasteiger charge is 2.16. The third kappa shape index (κ3) is 3.63. The van der Waals surface area contributed by atoms with Crippen LogP contribution in [0.1, 0.15) is 45.2 Å². The van der Waals surface area contributed by atoms with Crippen LogP contribution in [0.25, 0.3) is 0 Å². The minimum atomic E-state index is -0.0193. The molecule has 0 aromatic heterocycles. The summed E-state index contributed by atoms with van der Waals surface area (Å²) in [5, 5.41) is 3.01. The summed E-state index contributed by atoms with van der Waals surface area (Å²) in [6, 6.07) is 5.75. The summed E-state index contributed by atoms with van der Waals surface area (Å²) in [6.07, 6.45) is 1.49. The molecule has 1 heterocycles. The van der Waals surface area contributed by atoms with Gasteiger partial charge in [-0.05, 0) is 37.0 Å². The van der Waals surface area contributed by atoms with Crippen molar-refractivity contribution >= 4 is 5.91 Å². The first-order valence-corrected chi connectivity index (χ1v) is 6.75. The Hall–Kier alpha value is -1.71. The highest BCUT2D eigenvalue weighted by atomic mass is 16.7. The summed E-state index contributed by atoms with van der Waals surface area (Å²) in [7, 11) is 0. The number of benzene rings is 1. The van der Waals surface area contributed by atoms with E-state index in [9.17, 15) is 4.79 Å². The summed E-state index contributed by atoms with van der Waals surface area (Å²) in [6.45, 7) is 6.49. The molecule has 1 aromatic carbocycles. The molecule has 104 valence electrons. The molecule has 1 aliphatic heterocycles. The SMILES string of the molecule is CC(C)CCC(=O)N[C@H](C)c1ccc2c(c1)OCO2. The molecule has 4 heteroatoms. The second-order valence-corrected chi connectivity index (χ2v) is 5.33. The summed E-state index contributed by atoms with van der Waals surface area (Å²) >= 11 is 0. The number of carbonyl (C=O) groups is 1. The fraction of sp³-hybridized carbons (Fsp3) is 0.533. The quantitative estimate of drug-likeness (QED) is 0.888. The first-order chi connectivity index (χ1) is 9.06. The Kier molecular flexibility index (Phi) is 4.30. The summed E-state index contributed by atoms with van der Waals surface area (Å²) < 4.78 is 10.6. The van der Waals surface area contributed by atoms with Gasteiger partial charge in [-0.3, -0.25) is 4.79 Å². The van der Waals surface area contributed by atoms with E-state index in [1.807, 2.05) is 25.1 Å². The molecule has 19 heavy (non-hydrogen) atoms. The average molecular weight is 263 g/mol. The summed E-state index contributed by atoms with van der Waals surface area (Å²) in [5.74, 6) is 2.16. The van der Waals surface area contributed by atoms with Crippen LogP contribution in [-0.2, 0) is 4.79 Å². The van der Waals surface area contributed by atoms with Crippen molar-refractivity contribution in [1.29, 1.82) is 0 Å². The molecule has 0 spiro atoms. The van der Waals surface area contributed by atoms with Gasteiger partial charge in [0.2, 0.25) is 12.7 Å². The van der Waals surface area contributed by atoms with E-state index in [1.54, 1.807) is 0 Å². The van der Waals surface area contributed by atoms with Crippen LogP contribution < -0.4 is 14.8 Å². The largest absolute Gasteiger partial charge is 0.454 e. The van der Waals surface area contributed by atoms with Crippen molar-refractivity contribution in [3.8, 4) is 11.5 Å². The van der Waals surface area contributed by atoms with Crippen LogP contribution >= 0.6 is 0 Å². The molecule has 0 saturated heterocycles. The van der Waals surface area contributed by atoms with Crippen LogP contribution in [0.3, 0.4) is 0 Å². The van der Waals surface area contributed by atoms with Crippen molar-refractivity contribution in [2.75, 3.05) is 6.79 Å². The molecule has 0 unspecified atom stereocenters. The Morgan fingerprint density at radius 2 is 2.00 bits per heavy atom. The van der Waals surface area contributed by atoms with E-state index in [1.165, 1.54) is 0 Å². The van der Waals surface area contributed by atoms with Crippen LogP contribution in [0.4, 0.5) is 0 Å².